The second-order valence-electron chi connectivity index (χ2n) is 6.64. The zero-order chi connectivity index (χ0) is 17.9. The van der Waals surface area contributed by atoms with Gasteiger partial charge < -0.3 is 9.64 Å². The van der Waals surface area contributed by atoms with Crippen LogP contribution in [0.1, 0.15) is 23.3 Å². The van der Waals surface area contributed by atoms with Crippen molar-refractivity contribution in [2.75, 3.05) is 19.7 Å². The lowest BCUT2D eigenvalue weighted by molar-refractivity contribution is 0.0629. The predicted molar refractivity (Wildman–Crippen MR) is 96.6 cm³/mol. The Morgan fingerprint density at radius 1 is 1.23 bits per heavy atom. The van der Waals surface area contributed by atoms with Crippen molar-refractivity contribution in [2.45, 2.75) is 12.8 Å². The normalized spacial score (nSPS) is 17.4. The van der Waals surface area contributed by atoms with Crippen LogP contribution in [0.25, 0.3) is 10.9 Å². The molecular weight excluding hydrogens is 333 g/mol. The lowest BCUT2D eigenvalue weighted by atomic mass is 9.98. The van der Waals surface area contributed by atoms with E-state index in [0.717, 1.165) is 30.3 Å². The van der Waals surface area contributed by atoms with E-state index in [-0.39, 0.29) is 17.6 Å². The molecule has 0 aliphatic carbocycles. The van der Waals surface area contributed by atoms with E-state index in [9.17, 15) is 9.18 Å². The predicted octanol–water partition coefficient (Wildman–Crippen LogP) is 3.63. The number of ether oxygens (including phenoxy) is 1. The number of rotatable bonds is 4. The number of nitrogens with one attached hydrogen (secondary N) is 1. The molecule has 0 radical (unpaired) electrons. The molecule has 134 valence electrons. The molecule has 1 unspecified atom stereocenters. The fraction of sp³-hybridized carbons (Fsp3) is 0.300. The fourth-order valence-electron chi connectivity index (χ4n) is 3.41. The van der Waals surface area contributed by atoms with Gasteiger partial charge in [-0.3, -0.25) is 9.89 Å². The maximum atomic E-state index is 13.0. The summed E-state index contributed by atoms with van der Waals surface area (Å²) in [6.45, 7) is 1.88. The maximum absolute atomic E-state index is 13.0. The number of hydrogen-bond acceptors (Lipinski definition) is 3. The number of nitrogens with zero attached hydrogens (tertiary/aromatic N) is 2. The number of halogens is 1. The first-order valence-electron chi connectivity index (χ1n) is 8.81. The standard InChI is InChI=1S/C20H20FN3O2/c21-15-7-9-16(10-8-15)26-13-14-4-3-11-24(12-14)20(25)19-17-5-1-2-6-18(17)22-23-19/h1-2,5-10,14H,3-4,11-13H2,(H,22,23). The first-order valence-corrected chi connectivity index (χ1v) is 8.81. The third kappa shape index (κ3) is 3.40. The van der Waals surface area contributed by atoms with Crippen LogP contribution >= 0.6 is 0 Å². The van der Waals surface area contributed by atoms with E-state index >= 15 is 0 Å². The molecule has 1 atom stereocenters. The van der Waals surface area contributed by atoms with Crippen LogP contribution in [0.3, 0.4) is 0 Å². The molecule has 1 saturated heterocycles. The molecule has 1 aliphatic rings. The molecule has 0 bridgehead atoms. The Morgan fingerprint density at radius 2 is 2.04 bits per heavy atom. The minimum absolute atomic E-state index is 0.0473. The van der Waals surface area contributed by atoms with Gasteiger partial charge in [0.1, 0.15) is 11.6 Å². The minimum Gasteiger partial charge on any atom is -0.493 e. The molecule has 1 amide bonds. The molecular formula is C20H20FN3O2. The average molecular weight is 353 g/mol. The molecule has 1 aliphatic heterocycles. The number of H-pyrrole nitrogens is 1. The SMILES string of the molecule is O=C(c1n[nH]c2ccccc12)N1CCCC(COc2ccc(F)cc2)C1. The molecule has 0 spiro atoms. The van der Waals surface area contributed by atoms with E-state index in [1.165, 1.54) is 12.1 Å². The average Bonchev–Trinajstić information content (AvgIpc) is 3.11. The van der Waals surface area contributed by atoms with E-state index in [2.05, 4.69) is 10.2 Å². The van der Waals surface area contributed by atoms with Crippen molar-refractivity contribution < 1.29 is 13.9 Å². The summed E-state index contributed by atoms with van der Waals surface area (Å²) in [5, 5.41) is 7.98. The molecule has 4 rings (SSSR count). The molecule has 3 aromatic rings. The topological polar surface area (TPSA) is 58.2 Å². The molecule has 1 N–H and O–H groups in total. The number of likely N-dealkylation sites (tertiary alicyclic amines) is 1. The van der Waals surface area contributed by atoms with Crippen LogP contribution in [0.2, 0.25) is 0 Å². The Kier molecular flexibility index (Phi) is 4.56. The Morgan fingerprint density at radius 3 is 2.88 bits per heavy atom. The first-order chi connectivity index (χ1) is 12.7. The van der Waals surface area contributed by atoms with Crippen LogP contribution in [0.15, 0.2) is 48.5 Å². The molecule has 26 heavy (non-hydrogen) atoms. The van der Waals surface area contributed by atoms with Crippen LogP contribution in [0.5, 0.6) is 5.75 Å². The van der Waals surface area contributed by atoms with E-state index < -0.39 is 0 Å². The summed E-state index contributed by atoms with van der Waals surface area (Å²) in [4.78, 5) is 14.7. The highest BCUT2D eigenvalue weighted by Gasteiger charge is 2.27. The van der Waals surface area contributed by atoms with Gasteiger partial charge in [0, 0.05) is 24.4 Å². The van der Waals surface area contributed by atoms with Crippen molar-refractivity contribution in [2.24, 2.45) is 5.92 Å². The van der Waals surface area contributed by atoms with Gasteiger partial charge in [-0.15, -0.1) is 0 Å². The van der Waals surface area contributed by atoms with E-state index in [1.54, 1.807) is 12.1 Å². The molecule has 5 nitrogen and oxygen atoms in total. The van der Waals surface area contributed by atoms with Crippen LogP contribution in [0.4, 0.5) is 4.39 Å². The number of carbonyl (C=O) groups excluding carboxylic acids is 1. The van der Waals surface area contributed by atoms with Gasteiger partial charge in [0.05, 0.1) is 12.1 Å². The molecule has 0 saturated carbocycles. The summed E-state index contributed by atoms with van der Waals surface area (Å²) in [6.07, 6.45) is 1.94. The number of fused-ring (bicyclic) bond motifs is 1. The molecule has 6 heteroatoms. The van der Waals surface area contributed by atoms with Gasteiger partial charge in [-0.25, -0.2) is 4.39 Å². The molecule has 1 fully saturated rings. The largest absolute Gasteiger partial charge is 0.493 e. The second-order valence-corrected chi connectivity index (χ2v) is 6.64. The maximum Gasteiger partial charge on any atom is 0.275 e. The molecule has 1 aromatic heterocycles. The van der Waals surface area contributed by atoms with Gasteiger partial charge >= 0.3 is 0 Å². The van der Waals surface area contributed by atoms with Crippen molar-refractivity contribution in [1.82, 2.24) is 15.1 Å². The second kappa shape index (κ2) is 7.15. The quantitative estimate of drug-likeness (QED) is 0.779. The number of amides is 1. The zero-order valence-electron chi connectivity index (χ0n) is 14.3. The van der Waals surface area contributed by atoms with E-state index in [0.29, 0.717) is 24.6 Å². The highest BCUT2D eigenvalue weighted by Crippen LogP contribution is 2.23. The summed E-state index contributed by atoms with van der Waals surface area (Å²) in [5.41, 5.74) is 1.34. The van der Waals surface area contributed by atoms with Crippen LogP contribution in [0, 0.1) is 11.7 Å². The van der Waals surface area contributed by atoms with Crippen LogP contribution in [-0.4, -0.2) is 40.7 Å². The van der Waals surface area contributed by atoms with Gasteiger partial charge in [-0.2, -0.15) is 5.10 Å². The third-order valence-corrected chi connectivity index (χ3v) is 4.78. The highest BCUT2D eigenvalue weighted by molar-refractivity contribution is 6.04. The van der Waals surface area contributed by atoms with Gasteiger partial charge in [-0.1, -0.05) is 18.2 Å². The fourth-order valence-corrected chi connectivity index (χ4v) is 3.41. The van der Waals surface area contributed by atoms with E-state index in [4.69, 9.17) is 4.74 Å². The molecule has 2 aromatic carbocycles. The number of benzene rings is 2. The summed E-state index contributed by atoms with van der Waals surface area (Å²) in [7, 11) is 0. The molecule has 2 heterocycles. The van der Waals surface area contributed by atoms with Crippen molar-refractivity contribution in [3.63, 3.8) is 0 Å². The smallest absolute Gasteiger partial charge is 0.275 e. The van der Waals surface area contributed by atoms with E-state index in [1.807, 2.05) is 29.2 Å². The number of carbonyl (C=O) groups is 1. The number of piperidine rings is 1. The van der Waals surface area contributed by atoms with Crippen molar-refractivity contribution in [1.29, 1.82) is 0 Å². The number of para-hydroxylation sites is 1. The Bertz CT molecular complexity index is 907. The monoisotopic (exact) mass is 353 g/mol. The van der Waals surface area contributed by atoms with Crippen molar-refractivity contribution in [3.8, 4) is 5.75 Å². The van der Waals surface area contributed by atoms with Gasteiger partial charge in [0.2, 0.25) is 0 Å². The van der Waals surface area contributed by atoms with Crippen LogP contribution < -0.4 is 4.74 Å². The summed E-state index contributed by atoms with van der Waals surface area (Å²) in [6, 6.07) is 13.7. The summed E-state index contributed by atoms with van der Waals surface area (Å²) in [5.74, 6) is 0.572. The summed E-state index contributed by atoms with van der Waals surface area (Å²) >= 11 is 0. The third-order valence-electron chi connectivity index (χ3n) is 4.78. The first kappa shape index (κ1) is 16.6. The summed E-state index contributed by atoms with van der Waals surface area (Å²) < 4.78 is 18.7. The Hall–Kier alpha value is -2.89. The highest BCUT2D eigenvalue weighted by atomic mass is 19.1. The van der Waals surface area contributed by atoms with Gasteiger partial charge in [0.15, 0.2) is 5.69 Å². The van der Waals surface area contributed by atoms with Crippen LogP contribution in [-0.2, 0) is 0 Å². The Balaban J connectivity index is 1.41. The van der Waals surface area contributed by atoms with Gasteiger partial charge in [0.25, 0.3) is 5.91 Å². The zero-order valence-corrected chi connectivity index (χ0v) is 14.3. The minimum atomic E-state index is -0.280. The van der Waals surface area contributed by atoms with Crippen molar-refractivity contribution in [3.05, 3.63) is 60.0 Å². The number of hydrogen-bond donors (Lipinski definition) is 1. The Labute approximate surface area is 150 Å². The van der Waals surface area contributed by atoms with Gasteiger partial charge in [-0.05, 0) is 43.2 Å². The van der Waals surface area contributed by atoms with Crippen molar-refractivity contribution >= 4 is 16.8 Å². The lowest BCUT2D eigenvalue weighted by Crippen LogP contribution is -2.41. The number of aromatic amines is 1. The lowest BCUT2D eigenvalue weighted by Gasteiger charge is -2.32. The number of aromatic nitrogens is 2.